The van der Waals surface area contributed by atoms with E-state index in [2.05, 4.69) is 5.32 Å². The van der Waals surface area contributed by atoms with Gasteiger partial charge in [0.15, 0.2) is 0 Å². The molecule has 0 amide bonds. The smallest absolute Gasteiger partial charge is 0.139 e. The molecule has 0 aliphatic heterocycles. The zero-order chi connectivity index (χ0) is 13.7. The summed E-state index contributed by atoms with van der Waals surface area (Å²) in [5.41, 5.74) is 1.05. The van der Waals surface area contributed by atoms with Crippen molar-refractivity contribution in [3.8, 4) is 0 Å². The second-order valence-corrected chi connectivity index (χ2v) is 5.66. The molecule has 0 aromatic heterocycles. The number of hydrogen-bond donors (Lipinski definition) is 1. The standard InChI is InChI=1S/C15H16FNOS/c1-17-14(12-7-3-2-4-8-12)11-19(18)15-10-6-5-9-13(15)16/h2-10,14,17H,11H2,1H3. The third-order valence-electron chi connectivity index (χ3n) is 2.95. The molecule has 2 atom stereocenters. The first kappa shape index (κ1) is 13.9. The van der Waals surface area contributed by atoms with E-state index in [4.69, 9.17) is 0 Å². The first-order valence-corrected chi connectivity index (χ1v) is 7.39. The summed E-state index contributed by atoms with van der Waals surface area (Å²) in [5.74, 6) is -0.0645. The van der Waals surface area contributed by atoms with Gasteiger partial charge in [0.25, 0.3) is 0 Å². The highest BCUT2D eigenvalue weighted by atomic mass is 32.2. The monoisotopic (exact) mass is 277 g/mol. The van der Waals surface area contributed by atoms with Crippen LogP contribution in [0.1, 0.15) is 11.6 Å². The first-order valence-electron chi connectivity index (χ1n) is 6.07. The molecule has 2 aromatic rings. The lowest BCUT2D eigenvalue weighted by atomic mass is 10.1. The van der Waals surface area contributed by atoms with E-state index in [1.807, 2.05) is 37.4 Å². The van der Waals surface area contributed by atoms with Crippen LogP contribution in [0.2, 0.25) is 0 Å². The van der Waals surface area contributed by atoms with Gasteiger partial charge in [-0.3, -0.25) is 4.21 Å². The maximum Gasteiger partial charge on any atom is 0.139 e. The van der Waals surface area contributed by atoms with Crippen LogP contribution in [-0.4, -0.2) is 17.0 Å². The number of nitrogens with one attached hydrogen (secondary N) is 1. The molecule has 0 aliphatic rings. The highest BCUT2D eigenvalue weighted by molar-refractivity contribution is 7.85. The van der Waals surface area contributed by atoms with E-state index < -0.39 is 16.6 Å². The zero-order valence-corrected chi connectivity index (χ0v) is 11.5. The Morgan fingerprint density at radius 1 is 1.11 bits per heavy atom. The lowest BCUT2D eigenvalue weighted by Gasteiger charge is -2.16. The molecule has 0 aliphatic carbocycles. The van der Waals surface area contributed by atoms with Gasteiger partial charge in [-0.1, -0.05) is 42.5 Å². The molecule has 0 spiro atoms. The predicted molar refractivity (Wildman–Crippen MR) is 75.9 cm³/mol. The maximum atomic E-state index is 13.6. The second-order valence-electron chi connectivity index (χ2n) is 4.19. The van der Waals surface area contributed by atoms with Crippen LogP contribution < -0.4 is 5.32 Å². The van der Waals surface area contributed by atoms with Crippen LogP contribution in [0.4, 0.5) is 4.39 Å². The van der Waals surface area contributed by atoms with E-state index in [1.54, 1.807) is 18.2 Å². The Bertz CT molecular complexity index is 559. The molecule has 2 rings (SSSR count). The lowest BCUT2D eigenvalue weighted by molar-refractivity contribution is 0.591. The Labute approximate surface area is 115 Å². The summed E-state index contributed by atoms with van der Waals surface area (Å²) in [6, 6.07) is 15.9. The zero-order valence-electron chi connectivity index (χ0n) is 10.7. The molecule has 0 heterocycles. The topological polar surface area (TPSA) is 29.1 Å². The van der Waals surface area contributed by atoms with Crippen molar-refractivity contribution < 1.29 is 8.60 Å². The third-order valence-corrected chi connectivity index (χ3v) is 4.41. The quantitative estimate of drug-likeness (QED) is 0.910. The minimum absolute atomic E-state index is 0.0540. The van der Waals surface area contributed by atoms with Crippen molar-refractivity contribution in [2.24, 2.45) is 0 Å². The Morgan fingerprint density at radius 3 is 2.37 bits per heavy atom. The molecule has 100 valence electrons. The number of halogens is 1. The van der Waals surface area contributed by atoms with Gasteiger partial charge in [-0.2, -0.15) is 0 Å². The van der Waals surface area contributed by atoms with Crippen LogP contribution in [0, 0.1) is 5.82 Å². The Balaban J connectivity index is 2.16. The molecule has 0 saturated carbocycles. The summed E-state index contributed by atoms with van der Waals surface area (Å²) in [4.78, 5) is 0.263. The number of rotatable bonds is 5. The maximum absolute atomic E-state index is 13.6. The molecule has 0 radical (unpaired) electrons. The van der Waals surface area contributed by atoms with Crippen LogP contribution in [0.5, 0.6) is 0 Å². The van der Waals surface area contributed by atoms with Crippen molar-refractivity contribution in [2.75, 3.05) is 12.8 Å². The fraction of sp³-hybridized carbons (Fsp3) is 0.200. The lowest BCUT2D eigenvalue weighted by Crippen LogP contribution is -2.23. The summed E-state index contributed by atoms with van der Waals surface area (Å²) < 4.78 is 25.8. The molecular weight excluding hydrogens is 261 g/mol. The van der Waals surface area contributed by atoms with Crippen molar-refractivity contribution in [1.29, 1.82) is 0 Å². The average Bonchev–Trinajstić information content (AvgIpc) is 2.46. The van der Waals surface area contributed by atoms with Gasteiger partial charge in [0, 0.05) is 11.8 Å². The molecule has 19 heavy (non-hydrogen) atoms. The van der Waals surface area contributed by atoms with Gasteiger partial charge in [0.1, 0.15) is 5.82 Å². The van der Waals surface area contributed by atoms with Crippen LogP contribution >= 0.6 is 0 Å². The Kier molecular flexibility index (Phi) is 4.82. The van der Waals surface area contributed by atoms with Gasteiger partial charge >= 0.3 is 0 Å². The van der Waals surface area contributed by atoms with E-state index in [0.717, 1.165) is 5.56 Å². The highest BCUT2D eigenvalue weighted by Gasteiger charge is 2.16. The molecule has 0 saturated heterocycles. The second kappa shape index (κ2) is 6.59. The average molecular weight is 277 g/mol. The molecule has 2 nitrogen and oxygen atoms in total. The highest BCUT2D eigenvalue weighted by Crippen LogP contribution is 2.18. The first-order chi connectivity index (χ1) is 9.22. The van der Waals surface area contributed by atoms with Gasteiger partial charge in [-0.15, -0.1) is 0 Å². The number of benzene rings is 2. The van der Waals surface area contributed by atoms with Crippen LogP contribution in [0.25, 0.3) is 0 Å². The summed E-state index contributed by atoms with van der Waals surface area (Å²) in [6.07, 6.45) is 0. The molecule has 1 N–H and O–H groups in total. The Morgan fingerprint density at radius 2 is 1.74 bits per heavy atom. The van der Waals surface area contributed by atoms with Gasteiger partial charge in [-0.25, -0.2) is 4.39 Å². The van der Waals surface area contributed by atoms with Crippen LogP contribution in [0.15, 0.2) is 59.5 Å². The molecular formula is C15H16FNOS. The van der Waals surface area contributed by atoms with Crippen LogP contribution in [0.3, 0.4) is 0 Å². The predicted octanol–water partition coefficient (Wildman–Crippen LogP) is 2.89. The summed E-state index contributed by atoms with van der Waals surface area (Å²) in [5, 5.41) is 3.12. The summed E-state index contributed by atoms with van der Waals surface area (Å²) in [6.45, 7) is 0. The molecule has 4 heteroatoms. The van der Waals surface area contributed by atoms with Gasteiger partial charge in [0.05, 0.1) is 15.7 Å². The van der Waals surface area contributed by atoms with Crippen molar-refractivity contribution in [1.82, 2.24) is 5.32 Å². The van der Waals surface area contributed by atoms with E-state index >= 15 is 0 Å². The van der Waals surface area contributed by atoms with E-state index in [-0.39, 0.29) is 10.9 Å². The van der Waals surface area contributed by atoms with E-state index in [0.29, 0.717) is 5.75 Å². The molecule has 0 bridgehead atoms. The van der Waals surface area contributed by atoms with Gasteiger partial charge in [0.2, 0.25) is 0 Å². The van der Waals surface area contributed by atoms with Crippen molar-refractivity contribution >= 4 is 10.8 Å². The van der Waals surface area contributed by atoms with Crippen LogP contribution in [-0.2, 0) is 10.8 Å². The van der Waals surface area contributed by atoms with Crippen molar-refractivity contribution in [3.05, 3.63) is 66.0 Å². The van der Waals surface area contributed by atoms with E-state index in [9.17, 15) is 8.60 Å². The largest absolute Gasteiger partial charge is 0.312 e. The normalized spacial score (nSPS) is 14.0. The van der Waals surface area contributed by atoms with Gasteiger partial charge < -0.3 is 5.32 Å². The SMILES string of the molecule is CNC(CS(=O)c1ccccc1F)c1ccccc1. The minimum Gasteiger partial charge on any atom is -0.312 e. The Hall–Kier alpha value is -1.52. The molecule has 0 fully saturated rings. The fourth-order valence-electron chi connectivity index (χ4n) is 1.90. The third kappa shape index (κ3) is 3.49. The summed E-state index contributed by atoms with van der Waals surface area (Å²) in [7, 11) is 0.453. The molecule has 2 aromatic carbocycles. The van der Waals surface area contributed by atoms with Crippen molar-refractivity contribution in [3.63, 3.8) is 0 Å². The molecule has 2 unspecified atom stereocenters. The summed E-state index contributed by atoms with van der Waals surface area (Å²) >= 11 is 0. The fourth-order valence-corrected chi connectivity index (χ4v) is 3.26. The van der Waals surface area contributed by atoms with Crippen molar-refractivity contribution in [2.45, 2.75) is 10.9 Å². The minimum atomic E-state index is -1.36. The van der Waals surface area contributed by atoms with Gasteiger partial charge in [-0.05, 0) is 24.7 Å². The van der Waals surface area contributed by atoms with E-state index in [1.165, 1.54) is 6.07 Å². The number of hydrogen-bond acceptors (Lipinski definition) is 2.